The van der Waals surface area contributed by atoms with Crippen molar-refractivity contribution in [3.63, 3.8) is 0 Å². The fourth-order valence-electron chi connectivity index (χ4n) is 1.31. The number of amides is 3. The van der Waals surface area contributed by atoms with Gasteiger partial charge in [0.05, 0.1) is 12.6 Å². The average Bonchev–Trinajstić information content (AvgIpc) is 2.15. The zero-order valence-electron chi connectivity index (χ0n) is 9.19. The van der Waals surface area contributed by atoms with Crippen LogP contribution in [0.25, 0.3) is 0 Å². The summed E-state index contributed by atoms with van der Waals surface area (Å²) in [5, 5.41) is 10.8. The molecule has 0 aliphatic carbocycles. The minimum Gasteiger partial charge on any atom is -0.395 e. The summed E-state index contributed by atoms with van der Waals surface area (Å²) in [6.07, 6.45) is 0.869. The molecule has 0 fully saturated rings. The van der Waals surface area contributed by atoms with E-state index in [1.165, 1.54) is 0 Å². The molecule has 0 aromatic carbocycles. The molecule has 6 nitrogen and oxygen atoms in total. The van der Waals surface area contributed by atoms with Crippen molar-refractivity contribution >= 4 is 11.9 Å². The molecule has 0 saturated carbocycles. The number of carbonyl (C=O) groups excluding carboxylic acids is 2. The van der Waals surface area contributed by atoms with Crippen LogP contribution in [0.15, 0.2) is 0 Å². The number of hydrogen-bond donors (Lipinski definition) is 3. The molecule has 0 aliphatic rings. The highest BCUT2D eigenvalue weighted by Gasteiger charge is 2.20. The molecule has 0 radical (unpaired) electrons. The van der Waals surface area contributed by atoms with Gasteiger partial charge in [0.15, 0.2) is 0 Å². The SMILES string of the molecule is CCCN(CCO)C(C)C(=O)NC(N)=O. The number of imide groups is 1. The van der Waals surface area contributed by atoms with Crippen molar-refractivity contribution in [3.8, 4) is 0 Å². The second-order valence-corrected chi connectivity index (χ2v) is 3.29. The molecule has 0 spiro atoms. The molecule has 4 N–H and O–H groups in total. The quantitative estimate of drug-likeness (QED) is 0.547. The molecule has 0 aromatic rings. The first-order valence-electron chi connectivity index (χ1n) is 4.98. The Morgan fingerprint density at radius 1 is 1.47 bits per heavy atom. The van der Waals surface area contributed by atoms with Crippen LogP contribution >= 0.6 is 0 Å². The predicted molar refractivity (Wildman–Crippen MR) is 56.1 cm³/mol. The monoisotopic (exact) mass is 217 g/mol. The van der Waals surface area contributed by atoms with E-state index in [4.69, 9.17) is 10.8 Å². The fourth-order valence-corrected chi connectivity index (χ4v) is 1.31. The molecule has 6 heteroatoms. The van der Waals surface area contributed by atoms with E-state index in [1.54, 1.807) is 11.8 Å². The molecule has 1 atom stereocenters. The lowest BCUT2D eigenvalue weighted by atomic mass is 10.2. The van der Waals surface area contributed by atoms with Crippen LogP contribution < -0.4 is 11.1 Å². The highest BCUT2D eigenvalue weighted by Crippen LogP contribution is 2.00. The van der Waals surface area contributed by atoms with Gasteiger partial charge in [0.2, 0.25) is 5.91 Å². The summed E-state index contributed by atoms with van der Waals surface area (Å²) in [4.78, 5) is 23.7. The van der Waals surface area contributed by atoms with Gasteiger partial charge in [0, 0.05) is 6.54 Å². The van der Waals surface area contributed by atoms with Crippen molar-refractivity contribution in [1.29, 1.82) is 0 Å². The van der Waals surface area contributed by atoms with Crippen LogP contribution in [0.1, 0.15) is 20.3 Å². The number of carbonyl (C=O) groups is 2. The van der Waals surface area contributed by atoms with Crippen LogP contribution in [0.2, 0.25) is 0 Å². The standard InChI is InChI=1S/C9H19N3O3/c1-3-4-12(5-6-13)7(2)8(14)11-9(10)15/h7,13H,3-6H2,1-2H3,(H3,10,11,14,15). The van der Waals surface area contributed by atoms with Gasteiger partial charge in [-0.3, -0.25) is 15.0 Å². The van der Waals surface area contributed by atoms with E-state index in [0.717, 1.165) is 6.42 Å². The second-order valence-electron chi connectivity index (χ2n) is 3.29. The van der Waals surface area contributed by atoms with E-state index in [1.807, 2.05) is 12.2 Å². The Balaban J connectivity index is 4.26. The van der Waals surface area contributed by atoms with E-state index >= 15 is 0 Å². The summed E-state index contributed by atoms with van der Waals surface area (Å²) >= 11 is 0. The lowest BCUT2D eigenvalue weighted by molar-refractivity contribution is -0.124. The van der Waals surface area contributed by atoms with Crippen molar-refractivity contribution in [1.82, 2.24) is 10.2 Å². The Labute approximate surface area is 89.4 Å². The molecule has 1 unspecified atom stereocenters. The number of aliphatic hydroxyl groups excluding tert-OH is 1. The lowest BCUT2D eigenvalue weighted by Gasteiger charge is -2.26. The molecular formula is C9H19N3O3. The second kappa shape index (κ2) is 7.19. The van der Waals surface area contributed by atoms with E-state index in [-0.39, 0.29) is 6.61 Å². The molecule has 0 saturated heterocycles. The molecule has 0 aromatic heterocycles. The number of nitrogens with two attached hydrogens (primary N) is 1. The Morgan fingerprint density at radius 2 is 2.07 bits per heavy atom. The first-order valence-corrected chi connectivity index (χ1v) is 4.98. The summed E-state index contributed by atoms with van der Waals surface area (Å²) in [5.41, 5.74) is 4.84. The van der Waals surface area contributed by atoms with Crippen LogP contribution in [-0.2, 0) is 4.79 Å². The zero-order valence-corrected chi connectivity index (χ0v) is 9.19. The van der Waals surface area contributed by atoms with Crippen molar-refractivity contribution in [3.05, 3.63) is 0 Å². The smallest absolute Gasteiger partial charge is 0.318 e. The van der Waals surface area contributed by atoms with Gasteiger partial charge in [0.25, 0.3) is 0 Å². The Kier molecular flexibility index (Phi) is 6.64. The van der Waals surface area contributed by atoms with Gasteiger partial charge in [-0.25, -0.2) is 4.79 Å². The number of rotatable bonds is 6. The largest absolute Gasteiger partial charge is 0.395 e. The topological polar surface area (TPSA) is 95.7 Å². The molecule has 0 heterocycles. The molecule has 88 valence electrons. The number of nitrogens with zero attached hydrogens (tertiary/aromatic N) is 1. The van der Waals surface area contributed by atoms with Gasteiger partial charge in [-0.15, -0.1) is 0 Å². The third-order valence-electron chi connectivity index (χ3n) is 2.07. The van der Waals surface area contributed by atoms with Crippen molar-refractivity contribution in [2.75, 3.05) is 19.7 Å². The van der Waals surface area contributed by atoms with Crippen molar-refractivity contribution in [2.45, 2.75) is 26.3 Å². The molecule has 0 rings (SSSR count). The van der Waals surface area contributed by atoms with Crippen molar-refractivity contribution < 1.29 is 14.7 Å². The minimum atomic E-state index is -0.854. The van der Waals surface area contributed by atoms with Gasteiger partial charge in [-0.05, 0) is 19.9 Å². The summed E-state index contributed by atoms with van der Waals surface area (Å²) in [7, 11) is 0. The van der Waals surface area contributed by atoms with E-state index < -0.39 is 18.0 Å². The number of aliphatic hydroxyl groups is 1. The normalized spacial score (nSPS) is 12.5. The van der Waals surface area contributed by atoms with Gasteiger partial charge in [0.1, 0.15) is 0 Å². The molecule has 0 bridgehead atoms. The fraction of sp³-hybridized carbons (Fsp3) is 0.778. The highest BCUT2D eigenvalue weighted by molar-refractivity contribution is 5.96. The molecule has 0 aliphatic heterocycles. The van der Waals surface area contributed by atoms with Gasteiger partial charge >= 0.3 is 6.03 Å². The van der Waals surface area contributed by atoms with Crippen LogP contribution in [0, 0.1) is 0 Å². The minimum absolute atomic E-state index is 0.0197. The summed E-state index contributed by atoms with van der Waals surface area (Å²) in [5.74, 6) is -0.440. The first kappa shape index (κ1) is 13.9. The third-order valence-corrected chi connectivity index (χ3v) is 2.07. The summed E-state index contributed by atoms with van der Waals surface area (Å²) in [6.45, 7) is 4.72. The van der Waals surface area contributed by atoms with Gasteiger partial charge < -0.3 is 10.8 Å². The summed E-state index contributed by atoms with van der Waals surface area (Å²) in [6, 6.07) is -1.32. The Hall–Kier alpha value is -1.14. The van der Waals surface area contributed by atoms with Crippen LogP contribution in [0.4, 0.5) is 4.79 Å². The average molecular weight is 217 g/mol. The first-order chi connectivity index (χ1) is 7.02. The lowest BCUT2D eigenvalue weighted by Crippen LogP contribution is -2.49. The van der Waals surface area contributed by atoms with Gasteiger partial charge in [-0.1, -0.05) is 6.92 Å². The molecule has 15 heavy (non-hydrogen) atoms. The number of hydrogen-bond acceptors (Lipinski definition) is 4. The number of nitrogens with one attached hydrogen (secondary N) is 1. The van der Waals surface area contributed by atoms with Crippen molar-refractivity contribution in [2.24, 2.45) is 5.73 Å². The zero-order chi connectivity index (χ0) is 11.8. The number of primary amides is 1. The Bertz CT molecular complexity index is 215. The van der Waals surface area contributed by atoms with Crippen LogP contribution in [-0.4, -0.2) is 47.7 Å². The van der Waals surface area contributed by atoms with Crippen LogP contribution in [0.3, 0.4) is 0 Å². The number of urea groups is 1. The third kappa shape index (κ3) is 5.34. The van der Waals surface area contributed by atoms with E-state index in [0.29, 0.717) is 13.1 Å². The highest BCUT2D eigenvalue weighted by atomic mass is 16.3. The maximum absolute atomic E-state index is 11.4. The maximum Gasteiger partial charge on any atom is 0.318 e. The predicted octanol–water partition coefficient (Wildman–Crippen LogP) is -0.726. The maximum atomic E-state index is 11.4. The summed E-state index contributed by atoms with van der Waals surface area (Å²) < 4.78 is 0. The Morgan fingerprint density at radius 3 is 2.47 bits per heavy atom. The van der Waals surface area contributed by atoms with Gasteiger partial charge in [-0.2, -0.15) is 0 Å². The molecule has 3 amide bonds. The van der Waals surface area contributed by atoms with E-state index in [2.05, 4.69) is 0 Å². The molecular weight excluding hydrogens is 198 g/mol. The van der Waals surface area contributed by atoms with Crippen LogP contribution in [0.5, 0.6) is 0 Å². The van der Waals surface area contributed by atoms with E-state index in [9.17, 15) is 9.59 Å².